The monoisotopic (exact) mass is 548 g/mol. The number of anilines is 1. The number of nitrogens with zero attached hydrogens (tertiary/aromatic N) is 2. The highest BCUT2D eigenvalue weighted by Crippen LogP contribution is 2.43. The largest absolute Gasteiger partial charge is 0.478 e. The summed E-state index contributed by atoms with van der Waals surface area (Å²) in [6.45, 7) is 10.3. The fourth-order valence-corrected chi connectivity index (χ4v) is 4.58. The molecule has 0 amide bonds. The SMILES string of the molecule is CC(C)c1ccc(N(CCCc2ccc(OC(C)(C)C(=O)O)cc2)Cc2cccc(OC(C)(F)C3CC3)c2)nc1. The van der Waals surface area contributed by atoms with Crippen molar-refractivity contribution in [3.05, 3.63) is 83.6 Å². The third kappa shape index (κ3) is 7.96. The van der Waals surface area contributed by atoms with Crippen LogP contribution in [0.4, 0.5) is 10.2 Å². The number of rotatable bonds is 14. The molecule has 2 aromatic carbocycles. The molecule has 1 aliphatic rings. The molecule has 7 heteroatoms. The summed E-state index contributed by atoms with van der Waals surface area (Å²) in [5.74, 6) is -0.310. The Balaban J connectivity index is 1.43. The van der Waals surface area contributed by atoms with Crippen LogP contribution in [0.25, 0.3) is 0 Å². The van der Waals surface area contributed by atoms with E-state index < -0.39 is 17.4 Å². The number of aryl methyl sites for hydroxylation is 1. The summed E-state index contributed by atoms with van der Waals surface area (Å²) >= 11 is 0. The highest BCUT2D eigenvalue weighted by atomic mass is 19.2. The molecule has 1 aromatic heterocycles. The van der Waals surface area contributed by atoms with Crippen LogP contribution in [0.15, 0.2) is 66.9 Å². The van der Waals surface area contributed by atoms with E-state index in [1.54, 1.807) is 0 Å². The molecular formula is C33H41FN2O4. The second kappa shape index (κ2) is 12.3. The van der Waals surface area contributed by atoms with Crippen molar-refractivity contribution in [1.29, 1.82) is 0 Å². The van der Waals surface area contributed by atoms with Crippen LogP contribution >= 0.6 is 0 Å². The van der Waals surface area contributed by atoms with Gasteiger partial charge in [-0.2, -0.15) is 4.39 Å². The van der Waals surface area contributed by atoms with Crippen molar-refractivity contribution < 1.29 is 23.8 Å². The number of aliphatic carboxylic acids is 1. The molecule has 1 atom stereocenters. The lowest BCUT2D eigenvalue weighted by Crippen LogP contribution is -2.37. The minimum atomic E-state index is -1.64. The zero-order valence-corrected chi connectivity index (χ0v) is 24.2. The van der Waals surface area contributed by atoms with Crippen LogP contribution < -0.4 is 14.4 Å². The van der Waals surface area contributed by atoms with E-state index in [1.807, 2.05) is 54.7 Å². The molecule has 0 spiro atoms. The number of carboxylic acids is 1. The van der Waals surface area contributed by atoms with Crippen LogP contribution in [0.5, 0.6) is 11.5 Å². The number of pyridine rings is 1. The van der Waals surface area contributed by atoms with Gasteiger partial charge in [-0.15, -0.1) is 0 Å². The number of aromatic nitrogens is 1. The van der Waals surface area contributed by atoms with Crippen molar-refractivity contribution in [2.75, 3.05) is 11.4 Å². The predicted octanol–water partition coefficient (Wildman–Crippen LogP) is 7.56. The molecule has 214 valence electrons. The summed E-state index contributed by atoms with van der Waals surface area (Å²) in [5, 5.41) is 9.30. The fourth-order valence-electron chi connectivity index (χ4n) is 4.58. The van der Waals surface area contributed by atoms with Gasteiger partial charge in [-0.25, -0.2) is 9.78 Å². The Morgan fingerprint density at radius 1 is 1.02 bits per heavy atom. The van der Waals surface area contributed by atoms with Crippen LogP contribution in [0.3, 0.4) is 0 Å². The number of alkyl halides is 1. The zero-order chi connectivity index (χ0) is 28.9. The molecule has 0 radical (unpaired) electrons. The molecule has 4 rings (SSSR count). The van der Waals surface area contributed by atoms with Crippen LogP contribution in [-0.4, -0.2) is 34.1 Å². The van der Waals surface area contributed by atoms with E-state index in [-0.39, 0.29) is 5.92 Å². The van der Waals surface area contributed by atoms with Gasteiger partial charge in [0.25, 0.3) is 0 Å². The van der Waals surface area contributed by atoms with Gasteiger partial charge in [-0.05, 0) is 92.5 Å². The molecule has 1 fully saturated rings. The fraction of sp³-hybridized carbons (Fsp3) is 0.455. The number of carboxylic acid groups (broad SMARTS) is 1. The van der Waals surface area contributed by atoms with Gasteiger partial charge in [0.05, 0.1) is 0 Å². The number of carbonyl (C=O) groups is 1. The lowest BCUT2D eigenvalue weighted by Gasteiger charge is -2.26. The van der Waals surface area contributed by atoms with Crippen molar-refractivity contribution in [2.45, 2.75) is 84.2 Å². The Labute approximate surface area is 237 Å². The third-order valence-corrected chi connectivity index (χ3v) is 7.36. The molecule has 1 N–H and O–H groups in total. The normalized spacial score (nSPS) is 15.0. The summed E-state index contributed by atoms with van der Waals surface area (Å²) in [6, 6.07) is 19.5. The number of benzene rings is 2. The maximum Gasteiger partial charge on any atom is 0.347 e. The maximum atomic E-state index is 14.9. The highest BCUT2D eigenvalue weighted by Gasteiger charge is 2.44. The molecule has 40 heavy (non-hydrogen) atoms. The van der Waals surface area contributed by atoms with Gasteiger partial charge in [0.2, 0.25) is 5.85 Å². The predicted molar refractivity (Wildman–Crippen MR) is 156 cm³/mol. The quantitative estimate of drug-likeness (QED) is 0.224. The van der Waals surface area contributed by atoms with Crippen LogP contribution in [0, 0.1) is 5.92 Å². The van der Waals surface area contributed by atoms with Crippen LogP contribution in [0.1, 0.15) is 76.5 Å². The number of hydrogen-bond donors (Lipinski definition) is 1. The Morgan fingerprint density at radius 3 is 2.35 bits per heavy atom. The average Bonchev–Trinajstić information content (AvgIpc) is 3.76. The molecule has 3 aromatic rings. The average molecular weight is 549 g/mol. The van der Waals surface area contributed by atoms with Crippen molar-refractivity contribution in [2.24, 2.45) is 5.92 Å². The Morgan fingerprint density at radius 2 is 1.75 bits per heavy atom. The van der Waals surface area contributed by atoms with Gasteiger partial charge >= 0.3 is 5.97 Å². The Hall–Kier alpha value is -3.61. The first-order valence-electron chi connectivity index (χ1n) is 14.1. The summed E-state index contributed by atoms with van der Waals surface area (Å²) in [6.07, 6.45) is 5.40. The first-order chi connectivity index (χ1) is 18.9. The zero-order valence-electron chi connectivity index (χ0n) is 24.2. The number of ether oxygens (including phenoxy) is 2. The van der Waals surface area contributed by atoms with Gasteiger partial charge in [0.15, 0.2) is 5.60 Å². The van der Waals surface area contributed by atoms with Crippen molar-refractivity contribution >= 4 is 11.8 Å². The van der Waals surface area contributed by atoms with E-state index in [0.29, 0.717) is 24.0 Å². The smallest absolute Gasteiger partial charge is 0.347 e. The van der Waals surface area contributed by atoms with Gasteiger partial charge in [0, 0.05) is 32.1 Å². The number of halogens is 1. The summed E-state index contributed by atoms with van der Waals surface area (Å²) < 4.78 is 26.3. The Kier molecular flexibility index (Phi) is 9.02. The second-order valence-corrected chi connectivity index (χ2v) is 11.7. The van der Waals surface area contributed by atoms with Gasteiger partial charge in [-0.1, -0.05) is 44.2 Å². The van der Waals surface area contributed by atoms with E-state index in [0.717, 1.165) is 49.2 Å². The van der Waals surface area contributed by atoms with Crippen molar-refractivity contribution in [1.82, 2.24) is 4.98 Å². The maximum absolute atomic E-state index is 14.9. The van der Waals surface area contributed by atoms with Crippen LogP contribution in [0.2, 0.25) is 0 Å². The van der Waals surface area contributed by atoms with E-state index in [9.17, 15) is 14.3 Å². The second-order valence-electron chi connectivity index (χ2n) is 11.7. The van der Waals surface area contributed by atoms with E-state index in [1.165, 1.54) is 26.3 Å². The number of hydrogen-bond acceptors (Lipinski definition) is 5. The van der Waals surface area contributed by atoms with Gasteiger partial charge in [-0.3, -0.25) is 0 Å². The molecule has 0 saturated heterocycles. The van der Waals surface area contributed by atoms with Crippen LogP contribution in [-0.2, 0) is 17.8 Å². The topological polar surface area (TPSA) is 71.9 Å². The summed E-state index contributed by atoms with van der Waals surface area (Å²) in [7, 11) is 0. The van der Waals surface area contributed by atoms with E-state index >= 15 is 0 Å². The summed E-state index contributed by atoms with van der Waals surface area (Å²) in [4.78, 5) is 18.4. The highest BCUT2D eigenvalue weighted by molar-refractivity contribution is 5.76. The molecule has 0 bridgehead atoms. The van der Waals surface area contributed by atoms with Gasteiger partial charge in [0.1, 0.15) is 17.3 Å². The third-order valence-electron chi connectivity index (χ3n) is 7.36. The Bertz CT molecular complexity index is 1270. The standard InChI is InChI=1S/C33H41FN2O4/c1-23(2)26-13-18-30(35-21-26)36(22-25-8-6-10-29(20-25)40-33(5,34)27-14-15-27)19-7-9-24-11-16-28(17-12-24)39-32(3,4)31(37)38/h6,8,10-13,16-18,20-21,23,27H,7,9,14-15,19,22H2,1-5H3,(H,37,38). The molecule has 1 unspecified atom stereocenters. The van der Waals surface area contributed by atoms with Crippen molar-refractivity contribution in [3.63, 3.8) is 0 Å². The summed E-state index contributed by atoms with van der Waals surface area (Å²) in [5.41, 5.74) is 2.07. The van der Waals surface area contributed by atoms with E-state index in [2.05, 4.69) is 30.9 Å². The minimum absolute atomic E-state index is 0.0272. The van der Waals surface area contributed by atoms with Gasteiger partial charge < -0.3 is 19.5 Å². The minimum Gasteiger partial charge on any atom is -0.478 e. The first-order valence-corrected chi connectivity index (χ1v) is 14.1. The first kappa shape index (κ1) is 29.4. The molecular weight excluding hydrogens is 507 g/mol. The molecule has 1 saturated carbocycles. The molecule has 6 nitrogen and oxygen atoms in total. The lowest BCUT2D eigenvalue weighted by atomic mass is 10.1. The molecule has 1 heterocycles. The molecule has 1 aliphatic carbocycles. The van der Waals surface area contributed by atoms with E-state index in [4.69, 9.17) is 14.5 Å². The van der Waals surface area contributed by atoms with Crippen molar-refractivity contribution in [3.8, 4) is 11.5 Å². The lowest BCUT2D eigenvalue weighted by molar-refractivity contribution is -0.152. The molecule has 0 aliphatic heterocycles.